The molecule has 2 aromatic carbocycles. The maximum absolute atomic E-state index is 12.6. The van der Waals surface area contributed by atoms with Crippen LogP contribution in [0.2, 0.25) is 0 Å². The topological polar surface area (TPSA) is 132 Å². The lowest BCUT2D eigenvalue weighted by Gasteiger charge is -2.21. The largest absolute Gasteiger partial charge is 0.342 e. The number of nitrogens with zero attached hydrogens (tertiary/aromatic N) is 4. The first kappa shape index (κ1) is 23.9. The number of nitro benzene ring substituents is 1. The van der Waals surface area contributed by atoms with Crippen molar-refractivity contribution in [3.05, 3.63) is 76.1 Å². The predicted molar refractivity (Wildman–Crippen MR) is 125 cm³/mol. The van der Waals surface area contributed by atoms with Gasteiger partial charge in [-0.1, -0.05) is 49.9 Å². The zero-order valence-electron chi connectivity index (χ0n) is 18.4. The third kappa shape index (κ3) is 6.16. The molecular formula is C22H24N6O4S. The molecule has 10 nitrogen and oxygen atoms in total. The van der Waals surface area contributed by atoms with Crippen molar-refractivity contribution in [3.8, 4) is 0 Å². The highest BCUT2D eigenvalue weighted by Gasteiger charge is 2.25. The van der Waals surface area contributed by atoms with E-state index in [0.29, 0.717) is 22.2 Å². The van der Waals surface area contributed by atoms with Gasteiger partial charge in [0.15, 0.2) is 11.0 Å². The molecular weight excluding hydrogens is 444 g/mol. The van der Waals surface area contributed by atoms with Gasteiger partial charge < -0.3 is 15.2 Å². The number of nitrogens with one attached hydrogen (secondary N) is 2. The van der Waals surface area contributed by atoms with E-state index in [1.165, 1.54) is 30.0 Å². The molecule has 2 amide bonds. The molecule has 11 heteroatoms. The smallest absolute Gasteiger partial charge is 0.271 e. The zero-order chi connectivity index (χ0) is 24.0. The van der Waals surface area contributed by atoms with E-state index in [0.717, 1.165) is 0 Å². The highest BCUT2D eigenvalue weighted by atomic mass is 32.2. The quantitative estimate of drug-likeness (QED) is 0.279. The van der Waals surface area contributed by atoms with Gasteiger partial charge in [-0.25, -0.2) is 0 Å². The van der Waals surface area contributed by atoms with Gasteiger partial charge in [0.1, 0.15) is 0 Å². The number of amides is 2. The van der Waals surface area contributed by atoms with Gasteiger partial charge in [-0.05, 0) is 24.1 Å². The molecule has 0 fully saturated rings. The van der Waals surface area contributed by atoms with Gasteiger partial charge >= 0.3 is 0 Å². The molecule has 0 unspecified atom stereocenters. The average molecular weight is 469 g/mol. The molecule has 0 saturated heterocycles. The maximum atomic E-state index is 12.6. The first-order valence-electron chi connectivity index (χ1n) is 10.2. The van der Waals surface area contributed by atoms with Gasteiger partial charge in [0.05, 0.1) is 16.7 Å². The number of non-ortho nitro benzene ring substituents is 1. The lowest BCUT2D eigenvalue weighted by atomic mass is 10.0. The number of hydrogen-bond acceptors (Lipinski definition) is 7. The molecule has 0 spiro atoms. The van der Waals surface area contributed by atoms with E-state index in [9.17, 15) is 19.7 Å². The van der Waals surface area contributed by atoms with E-state index in [-0.39, 0.29) is 35.2 Å². The fraction of sp³-hybridized carbons (Fsp3) is 0.273. The number of thioether (sulfide) groups is 1. The van der Waals surface area contributed by atoms with Crippen molar-refractivity contribution in [2.75, 3.05) is 11.1 Å². The van der Waals surface area contributed by atoms with Crippen LogP contribution in [0.3, 0.4) is 0 Å². The van der Waals surface area contributed by atoms with E-state index in [1.54, 1.807) is 41.9 Å². The van der Waals surface area contributed by atoms with Crippen molar-refractivity contribution in [2.45, 2.75) is 25.0 Å². The Hall–Kier alpha value is -3.73. The Morgan fingerprint density at radius 3 is 2.52 bits per heavy atom. The molecule has 0 radical (unpaired) electrons. The molecule has 2 N–H and O–H groups in total. The monoisotopic (exact) mass is 468 g/mol. The maximum Gasteiger partial charge on any atom is 0.271 e. The molecule has 3 rings (SSSR count). The SMILES string of the molecule is CC(C)[C@@H](NC(=O)c1ccccc1)c1nnc(SCC(=O)Nc2cccc([N+](=O)[O-])c2)n1C. The molecule has 1 heterocycles. The Morgan fingerprint density at radius 2 is 1.85 bits per heavy atom. The summed E-state index contributed by atoms with van der Waals surface area (Å²) >= 11 is 1.18. The van der Waals surface area contributed by atoms with Gasteiger partial charge in [-0.15, -0.1) is 10.2 Å². The van der Waals surface area contributed by atoms with Crippen LogP contribution >= 0.6 is 11.8 Å². The summed E-state index contributed by atoms with van der Waals surface area (Å²) in [6.45, 7) is 3.95. The molecule has 0 bridgehead atoms. The van der Waals surface area contributed by atoms with Crippen molar-refractivity contribution in [1.29, 1.82) is 0 Å². The van der Waals surface area contributed by atoms with Crippen molar-refractivity contribution in [2.24, 2.45) is 13.0 Å². The number of anilines is 1. The predicted octanol–water partition coefficient (Wildman–Crippen LogP) is 3.58. The second-order valence-corrected chi connectivity index (χ2v) is 8.55. The van der Waals surface area contributed by atoms with Crippen molar-refractivity contribution < 1.29 is 14.5 Å². The van der Waals surface area contributed by atoms with Crippen molar-refractivity contribution in [3.63, 3.8) is 0 Å². The van der Waals surface area contributed by atoms with Crippen molar-refractivity contribution >= 4 is 35.0 Å². The Bertz CT molecular complexity index is 1150. The average Bonchev–Trinajstić information content (AvgIpc) is 3.16. The van der Waals surface area contributed by atoms with Gasteiger partial charge in [0.2, 0.25) is 5.91 Å². The molecule has 3 aromatic rings. The lowest BCUT2D eigenvalue weighted by molar-refractivity contribution is -0.384. The molecule has 0 aliphatic heterocycles. The number of carbonyl (C=O) groups excluding carboxylic acids is 2. The zero-order valence-corrected chi connectivity index (χ0v) is 19.2. The summed E-state index contributed by atoms with van der Waals surface area (Å²) in [6.07, 6.45) is 0. The number of benzene rings is 2. The summed E-state index contributed by atoms with van der Waals surface area (Å²) in [5.41, 5.74) is 0.797. The standard InChI is InChI=1S/C22H24N6O4S/c1-14(2)19(24-21(30)15-8-5-4-6-9-15)20-25-26-22(27(20)3)33-13-18(29)23-16-10-7-11-17(12-16)28(31)32/h4-12,14,19H,13H2,1-3H3,(H,23,29)(H,24,30)/t19-/m1/s1. The van der Waals surface area contributed by atoms with Crippen LogP contribution in [0.25, 0.3) is 0 Å². The van der Waals surface area contributed by atoms with Crippen LogP contribution in [0.15, 0.2) is 59.8 Å². The van der Waals surface area contributed by atoms with Crippen LogP contribution in [-0.4, -0.2) is 37.3 Å². The van der Waals surface area contributed by atoms with Crippen molar-refractivity contribution in [1.82, 2.24) is 20.1 Å². The van der Waals surface area contributed by atoms with Crippen LogP contribution in [0.1, 0.15) is 36.1 Å². The van der Waals surface area contributed by atoms with Crippen LogP contribution in [-0.2, 0) is 11.8 Å². The molecule has 1 aromatic heterocycles. The first-order valence-corrected chi connectivity index (χ1v) is 11.2. The fourth-order valence-corrected chi connectivity index (χ4v) is 3.81. The molecule has 0 aliphatic rings. The van der Waals surface area contributed by atoms with E-state index in [1.807, 2.05) is 19.9 Å². The number of hydrogen-bond donors (Lipinski definition) is 2. The molecule has 0 aliphatic carbocycles. The minimum absolute atomic E-state index is 0.0391. The summed E-state index contributed by atoms with van der Waals surface area (Å²) in [5, 5.41) is 25.5. The number of nitro groups is 1. The summed E-state index contributed by atoms with van der Waals surface area (Å²) in [5.74, 6) is 0.134. The molecule has 172 valence electrons. The Labute approximate surface area is 194 Å². The van der Waals surface area contributed by atoms with Gasteiger partial charge in [0.25, 0.3) is 11.6 Å². The van der Waals surface area contributed by atoms with Gasteiger partial charge in [-0.3, -0.25) is 19.7 Å². The fourth-order valence-electron chi connectivity index (χ4n) is 3.09. The second-order valence-electron chi connectivity index (χ2n) is 7.61. The van der Waals surface area contributed by atoms with Crippen LogP contribution in [0, 0.1) is 16.0 Å². The Kier molecular flexibility index (Phi) is 7.78. The van der Waals surface area contributed by atoms with Gasteiger partial charge in [0, 0.05) is 30.4 Å². The highest BCUT2D eigenvalue weighted by Crippen LogP contribution is 2.25. The molecule has 33 heavy (non-hydrogen) atoms. The normalized spacial score (nSPS) is 11.8. The molecule has 1 atom stereocenters. The minimum Gasteiger partial charge on any atom is -0.342 e. The van der Waals surface area contributed by atoms with Gasteiger partial charge in [-0.2, -0.15) is 0 Å². The minimum atomic E-state index is -0.521. The number of carbonyl (C=O) groups is 2. The van der Waals surface area contributed by atoms with E-state index < -0.39 is 4.92 Å². The summed E-state index contributed by atoms with van der Waals surface area (Å²) < 4.78 is 1.75. The Morgan fingerprint density at radius 1 is 1.12 bits per heavy atom. The van der Waals surface area contributed by atoms with Crippen LogP contribution < -0.4 is 10.6 Å². The van der Waals surface area contributed by atoms with E-state index in [2.05, 4.69) is 20.8 Å². The lowest BCUT2D eigenvalue weighted by Crippen LogP contribution is -2.33. The Balaban J connectivity index is 1.65. The third-order valence-electron chi connectivity index (χ3n) is 4.81. The summed E-state index contributed by atoms with van der Waals surface area (Å²) in [4.78, 5) is 35.3. The van der Waals surface area contributed by atoms with Crippen LogP contribution in [0.4, 0.5) is 11.4 Å². The van der Waals surface area contributed by atoms with E-state index in [4.69, 9.17) is 0 Å². The third-order valence-corrected chi connectivity index (χ3v) is 5.83. The van der Waals surface area contributed by atoms with Crippen LogP contribution in [0.5, 0.6) is 0 Å². The first-order chi connectivity index (χ1) is 15.8. The second kappa shape index (κ2) is 10.7. The van der Waals surface area contributed by atoms with E-state index >= 15 is 0 Å². The summed E-state index contributed by atoms with van der Waals surface area (Å²) in [7, 11) is 1.78. The summed E-state index contributed by atoms with van der Waals surface area (Å²) in [6, 6.07) is 14.3. The number of rotatable bonds is 9. The highest BCUT2D eigenvalue weighted by molar-refractivity contribution is 7.99. The number of aromatic nitrogens is 3. The molecule has 0 saturated carbocycles.